The standard InChI is InChI=1S/C16H18N2/c1-11-6-4-8-15(13(11)3)18-12(2)10-14-7-5-9-17-16(14)18/h4-9,12H,10H2,1-3H3/t12-/m1/s1. The first-order valence-electron chi connectivity index (χ1n) is 6.48. The Morgan fingerprint density at radius 3 is 2.83 bits per heavy atom. The fourth-order valence-electron chi connectivity index (χ4n) is 2.77. The molecule has 1 aliphatic rings. The van der Waals surface area contributed by atoms with E-state index >= 15 is 0 Å². The number of fused-ring (bicyclic) bond motifs is 1. The molecule has 0 saturated carbocycles. The van der Waals surface area contributed by atoms with Gasteiger partial charge in [-0.05, 0) is 56.0 Å². The molecule has 0 bridgehead atoms. The molecule has 1 aromatic heterocycles. The Labute approximate surface area is 108 Å². The summed E-state index contributed by atoms with van der Waals surface area (Å²) >= 11 is 0. The number of rotatable bonds is 1. The first-order valence-corrected chi connectivity index (χ1v) is 6.48. The van der Waals surface area contributed by atoms with Crippen molar-refractivity contribution in [2.75, 3.05) is 4.90 Å². The van der Waals surface area contributed by atoms with Crippen molar-refractivity contribution in [3.05, 3.63) is 53.2 Å². The highest BCUT2D eigenvalue weighted by molar-refractivity contribution is 5.70. The average molecular weight is 238 g/mol. The maximum atomic E-state index is 4.56. The highest BCUT2D eigenvalue weighted by Crippen LogP contribution is 2.38. The van der Waals surface area contributed by atoms with E-state index in [4.69, 9.17) is 0 Å². The zero-order chi connectivity index (χ0) is 12.7. The molecule has 0 radical (unpaired) electrons. The third kappa shape index (κ3) is 1.60. The normalized spacial score (nSPS) is 17.9. The third-order valence-electron chi connectivity index (χ3n) is 3.89. The van der Waals surface area contributed by atoms with Gasteiger partial charge in [0, 0.05) is 17.9 Å². The number of nitrogens with zero attached hydrogens (tertiary/aromatic N) is 2. The van der Waals surface area contributed by atoms with Gasteiger partial charge < -0.3 is 4.90 Å². The van der Waals surface area contributed by atoms with E-state index in [1.807, 2.05) is 12.3 Å². The molecule has 0 unspecified atom stereocenters. The van der Waals surface area contributed by atoms with Gasteiger partial charge in [-0.2, -0.15) is 0 Å². The van der Waals surface area contributed by atoms with E-state index in [1.54, 1.807) is 0 Å². The minimum Gasteiger partial charge on any atom is -0.323 e. The predicted octanol–water partition coefficient (Wildman–Crippen LogP) is 3.78. The van der Waals surface area contributed by atoms with Crippen LogP contribution in [0.5, 0.6) is 0 Å². The van der Waals surface area contributed by atoms with E-state index in [0.29, 0.717) is 6.04 Å². The molecule has 2 aromatic rings. The van der Waals surface area contributed by atoms with Gasteiger partial charge in [0.1, 0.15) is 5.82 Å². The summed E-state index contributed by atoms with van der Waals surface area (Å²) in [4.78, 5) is 6.94. The largest absolute Gasteiger partial charge is 0.323 e. The van der Waals surface area contributed by atoms with Gasteiger partial charge in [-0.3, -0.25) is 0 Å². The predicted molar refractivity (Wildman–Crippen MR) is 75.5 cm³/mol. The Bertz CT molecular complexity index is 589. The fourth-order valence-corrected chi connectivity index (χ4v) is 2.77. The molecule has 2 heteroatoms. The molecule has 0 saturated heterocycles. The summed E-state index contributed by atoms with van der Waals surface area (Å²) in [6.45, 7) is 6.63. The van der Waals surface area contributed by atoms with Gasteiger partial charge in [0.25, 0.3) is 0 Å². The van der Waals surface area contributed by atoms with Crippen LogP contribution in [0.2, 0.25) is 0 Å². The Hall–Kier alpha value is -1.83. The second-order valence-corrected chi connectivity index (χ2v) is 5.13. The molecule has 3 rings (SSSR count). The Balaban J connectivity index is 2.15. The van der Waals surface area contributed by atoms with Crippen molar-refractivity contribution in [3.8, 4) is 0 Å². The third-order valence-corrected chi connectivity index (χ3v) is 3.89. The van der Waals surface area contributed by atoms with Crippen molar-refractivity contribution in [1.29, 1.82) is 0 Å². The summed E-state index contributed by atoms with van der Waals surface area (Å²) in [6.07, 6.45) is 2.96. The summed E-state index contributed by atoms with van der Waals surface area (Å²) in [5, 5.41) is 0. The van der Waals surface area contributed by atoms with Gasteiger partial charge in [-0.1, -0.05) is 18.2 Å². The van der Waals surface area contributed by atoms with Gasteiger partial charge in [-0.25, -0.2) is 4.98 Å². The van der Waals surface area contributed by atoms with Crippen LogP contribution in [-0.2, 0) is 6.42 Å². The van der Waals surface area contributed by atoms with E-state index in [-0.39, 0.29) is 0 Å². The van der Waals surface area contributed by atoms with E-state index in [9.17, 15) is 0 Å². The molecule has 18 heavy (non-hydrogen) atoms. The van der Waals surface area contributed by atoms with Crippen LogP contribution in [0.3, 0.4) is 0 Å². The number of aryl methyl sites for hydroxylation is 1. The van der Waals surface area contributed by atoms with Crippen LogP contribution in [0, 0.1) is 13.8 Å². The van der Waals surface area contributed by atoms with E-state index < -0.39 is 0 Å². The molecule has 0 N–H and O–H groups in total. The first-order chi connectivity index (χ1) is 8.68. The lowest BCUT2D eigenvalue weighted by molar-refractivity contribution is 0.753. The summed E-state index contributed by atoms with van der Waals surface area (Å²) < 4.78 is 0. The van der Waals surface area contributed by atoms with E-state index in [1.165, 1.54) is 22.4 Å². The lowest BCUT2D eigenvalue weighted by Gasteiger charge is -2.26. The van der Waals surface area contributed by atoms with Crippen LogP contribution in [0.25, 0.3) is 0 Å². The lowest BCUT2D eigenvalue weighted by Crippen LogP contribution is -2.25. The van der Waals surface area contributed by atoms with E-state index in [2.05, 4.69) is 54.9 Å². The first kappa shape index (κ1) is 11.3. The van der Waals surface area contributed by atoms with Crippen molar-refractivity contribution < 1.29 is 0 Å². The molecule has 2 nitrogen and oxygen atoms in total. The topological polar surface area (TPSA) is 16.1 Å². The second kappa shape index (κ2) is 4.13. The molecule has 1 aliphatic heterocycles. The van der Waals surface area contributed by atoms with Gasteiger partial charge in [0.2, 0.25) is 0 Å². The van der Waals surface area contributed by atoms with Crippen LogP contribution in [0.1, 0.15) is 23.6 Å². The SMILES string of the molecule is Cc1cccc(N2c3ncccc3C[C@H]2C)c1C. The molecule has 0 spiro atoms. The molecule has 0 amide bonds. The average Bonchev–Trinajstić information content (AvgIpc) is 2.69. The molecule has 2 heterocycles. The summed E-state index contributed by atoms with van der Waals surface area (Å²) in [5.74, 6) is 1.12. The summed E-state index contributed by atoms with van der Waals surface area (Å²) in [5.41, 5.74) is 5.33. The van der Waals surface area contributed by atoms with Crippen molar-refractivity contribution >= 4 is 11.5 Å². The van der Waals surface area contributed by atoms with Crippen molar-refractivity contribution in [1.82, 2.24) is 4.98 Å². The van der Waals surface area contributed by atoms with Crippen molar-refractivity contribution in [2.24, 2.45) is 0 Å². The van der Waals surface area contributed by atoms with Crippen LogP contribution >= 0.6 is 0 Å². The van der Waals surface area contributed by atoms with Gasteiger partial charge >= 0.3 is 0 Å². The maximum absolute atomic E-state index is 4.56. The Morgan fingerprint density at radius 2 is 2.00 bits per heavy atom. The highest BCUT2D eigenvalue weighted by Gasteiger charge is 2.29. The summed E-state index contributed by atoms with van der Waals surface area (Å²) in [6, 6.07) is 11.2. The zero-order valence-electron chi connectivity index (χ0n) is 11.1. The fraction of sp³-hybridized carbons (Fsp3) is 0.312. The highest BCUT2D eigenvalue weighted by atomic mass is 15.2. The molecule has 1 aromatic carbocycles. The maximum Gasteiger partial charge on any atom is 0.136 e. The van der Waals surface area contributed by atoms with Gasteiger partial charge in [0.05, 0.1) is 0 Å². The monoisotopic (exact) mass is 238 g/mol. The quantitative estimate of drug-likeness (QED) is 0.751. The van der Waals surface area contributed by atoms with Crippen molar-refractivity contribution in [3.63, 3.8) is 0 Å². The van der Waals surface area contributed by atoms with Crippen LogP contribution in [0.15, 0.2) is 36.5 Å². The smallest absolute Gasteiger partial charge is 0.136 e. The molecule has 0 fully saturated rings. The number of benzene rings is 1. The van der Waals surface area contributed by atoms with Gasteiger partial charge in [-0.15, -0.1) is 0 Å². The molecule has 1 atom stereocenters. The Morgan fingerprint density at radius 1 is 1.17 bits per heavy atom. The minimum atomic E-state index is 0.482. The Kier molecular flexibility index (Phi) is 2.58. The van der Waals surface area contributed by atoms with Crippen molar-refractivity contribution in [2.45, 2.75) is 33.2 Å². The molecular weight excluding hydrogens is 220 g/mol. The van der Waals surface area contributed by atoms with Gasteiger partial charge in [0.15, 0.2) is 0 Å². The van der Waals surface area contributed by atoms with Crippen LogP contribution in [-0.4, -0.2) is 11.0 Å². The number of hydrogen-bond acceptors (Lipinski definition) is 2. The van der Waals surface area contributed by atoms with E-state index in [0.717, 1.165) is 12.2 Å². The number of hydrogen-bond donors (Lipinski definition) is 0. The lowest BCUT2D eigenvalue weighted by atomic mass is 10.1. The molecule has 0 aliphatic carbocycles. The number of pyridine rings is 1. The van der Waals surface area contributed by atoms with Crippen LogP contribution < -0.4 is 4.90 Å². The second-order valence-electron chi connectivity index (χ2n) is 5.13. The summed E-state index contributed by atoms with van der Waals surface area (Å²) in [7, 11) is 0. The number of aromatic nitrogens is 1. The molecular formula is C16H18N2. The molecule has 92 valence electrons. The minimum absolute atomic E-state index is 0.482. The van der Waals surface area contributed by atoms with Crippen LogP contribution in [0.4, 0.5) is 11.5 Å². The number of anilines is 2. The zero-order valence-corrected chi connectivity index (χ0v) is 11.1.